The normalized spacial score (nSPS) is 20.9. The third-order valence-electron chi connectivity index (χ3n) is 0.629. The molecule has 0 aromatic heterocycles. The van der Waals surface area contributed by atoms with Crippen LogP contribution < -0.4 is 22.0 Å². The van der Waals surface area contributed by atoms with Crippen molar-refractivity contribution in [3.8, 4) is 0 Å². The van der Waals surface area contributed by atoms with Crippen LogP contribution in [0.4, 0.5) is 0 Å². The zero-order valence-electron chi connectivity index (χ0n) is 5.75. The molecule has 11 nitrogen and oxygen atoms in total. The summed E-state index contributed by atoms with van der Waals surface area (Å²) in [4.78, 5) is 19.9. The molecule has 0 aliphatic rings. The van der Waals surface area contributed by atoms with E-state index in [0.717, 1.165) is 0 Å². The SMILES string of the molecule is [NH2][Ir]([NH2])([NH2])([NH2])([NH2])([O]N=O)[N+](=O)[O-]. The Labute approximate surface area is 63.7 Å². The van der Waals surface area contributed by atoms with Crippen molar-refractivity contribution in [2.24, 2.45) is 27.4 Å². The van der Waals surface area contributed by atoms with Crippen LogP contribution in [0.25, 0.3) is 0 Å². The molecule has 0 rings (SSSR count). The van der Waals surface area contributed by atoms with Gasteiger partial charge in [-0.25, -0.2) is 0 Å². The van der Waals surface area contributed by atoms with E-state index in [1.807, 2.05) is 0 Å². The number of nitrogens with two attached hydrogens (primary N) is 5. The Morgan fingerprint density at radius 2 is 1.58 bits per heavy atom. The molecule has 0 bridgehead atoms. The zero-order chi connectivity index (χ0) is 10.4. The molecule has 0 fully saturated rings. The monoisotopic (exact) mass is 365 g/mol. The summed E-state index contributed by atoms with van der Waals surface area (Å²) in [7, 11) is 0. The van der Waals surface area contributed by atoms with Crippen LogP contribution in [0.5, 0.6) is 0 Å². The van der Waals surface area contributed by atoms with E-state index in [4.69, 9.17) is 22.0 Å². The molecular weight excluding hydrogens is 354 g/mol. The Kier molecular flexibility index (Phi) is 1.29. The van der Waals surface area contributed by atoms with Gasteiger partial charge in [-0.2, -0.15) is 0 Å². The fraction of sp³-hybridized carbons (Fsp3) is 0. The van der Waals surface area contributed by atoms with Crippen molar-refractivity contribution >= 4 is 0 Å². The van der Waals surface area contributed by atoms with Gasteiger partial charge in [-0.15, -0.1) is 0 Å². The van der Waals surface area contributed by atoms with E-state index in [0.29, 0.717) is 0 Å². The Hall–Kier alpha value is -0.751. The van der Waals surface area contributed by atoms with Gasteiger partial charge in [0.15, 0.2) is 0 Å². The van der Waals surface area contributed by atoms with Crippen LogP contribution >= 0.6 is 0 Å². The van der Waals surface area contributed by atoms with Crippen LogP contribution in [0.3, 0.4) is 0 Å². The van der Waals surface area contributed by atoms with Crippen LogP contribution in [0, 0.1) is 15.0 Å². The van der Waals surface area contributed by atoms with Crippen molar-refractivity contribution in [3.05, 3.63) is 15.0 Å². The first-order chi connectivity index (χ1) is 4.74. The van der Waals surface area contributed by atoms with Gasteiger partial charge in [0.25, 0.3) is 0 Å². The molecule has 0 aliphatic heterocycles. The number of hydrogen-bond acceptors (Lipinski definition) is 10. The fourth-order valence-electron chi connectivity index (χ4n) is 0.105. The van der Waals surface area contributed by atoms with E-state index < -0.39 is 17.1 Å². The summed E-state index contributed by atoms with van der Waals surface area (Å²) in [6, 6.07) is 0. The van der Waals surface area contributed by atoms with Gasteiger partial charge in [-0.05, 0) is 0 Å². The van der Waals surface area contributed by atoms with E-state index in [1.54, 1.807) is 5.34 Å². The second-order valence-electron chi connectivity index (χ2n) is 2.33. The Bertz CT molecular complexity index is 260. The standard InChI is InChI=1S/Ir.HNO2.NO2.5H2N/c;2*2-1-3;;;;;/h;(H,2,3);;5*1H2/q+6;;;5*-1/p-1. The van der Waals surface area contributed by atoms with Crippen LogP contribution in [-0.2, 0) is 17.1 Å². The van der Waals surface area contributed by atoms with E-state index in [9.17, 15) is 15.0 Å². The molecule has 0 atom stereocenters. The van der Waals surface area contributed by atoms with Gasteiger partial charge in [0.1, 0.15) is 0 Å². The predicted molar refractivity (Wildman–Crippen MR) is 34.8 cm³/mol. The molecule has 0 amide bonds. The Morgan fingerprint density at radius 3 is 1.67 bits per heavy atom. The third-order valence-corrected chi connectivity index (χ3v) is 5.15. The van der Waals surface area contributed by atoms with Gasteiger partial charge >= 0.3 is 63.1 Å². The molecule has 12 heteroatoms. The molecule has 12 heavy (non-hydrogen) atoms. The molecule has 0 radical (unpaired) electrons. The molecule has 0 aromatic rings. The van der Waals surface area contributed by atoms with Crippen molar-refractivity contribution in [3.63, 3.8) is 0 Å². The first-order valence-electron chi connectivity index (χ1n) is 1.98. The fourth-order valence-corrected chi connectivity index (χ4v) is 0.860. The second kappa shape index (κ2) is 1.38. The molecule has 0 aromatic carbocycles. The number of nitro groups is 1. The number of nitrogens with zero attached hydrogens (tertiary/aromatic N) is 2. The van der Waals surface area contributed by atoms with E-state index in [1.165, 1.54) is 0 Å². The van der Waals surface area contributed by atoms with Gasteiger partial charge in [0.2, 0.25) is 0 Å². The van der Waals surface area contributed by atoms with Crippen molar-refractivity contribution in [2.45, 2.75) is 0 Å². The minimum atomic E-state index is -7.80. The van der Waals surface area contributed by atoms with Gasteiger partial charge < -0.3 is 0 Å². The molecular formula is H10IrN7O4. The maximum absolute atomic E-state index is 10.3. The quantitative estimate of drug-likeness (QED) is 0.195. The van der Waals surface area contributed by atoms with Crippen LogP contribution in [0.1, 0.15) is 0 Å². The van der Waals surface area contributed by atoms with Crippen molar-refractivity contribution in [2.75, 3.05) is 0 Å². The third kappa shape index (κ3) is 1.89. The minimum absolute atomic E-state index is 1.61. The maximum atomic E-state index is 10.3. The summed E-state index contributed by atoms with van der Waals surface area (Å²) in [6.45, 7) is 0. The molecule has 0 unspecified atom stereocenters. The van der Waals surface area contributed by atoms with Crippen LogP contribution in [0.2, 0.25) is 0 Å². The Morgan fingerprint density at radius 1 is 1.25 bits per heavy atom. The van der Waals surface area contributed by atoms with E-state index in [-0.39, 0.29) is 0 Å². The summed E-state index contributed by atoms with van der Waals surface area (Å²) in [5.74, 6) is 0. The number of rotatable bonds is 3. The summed E-state index contributed by atoms with van der Waals surface area (Å²) in [5.41, 5.74) is 0. The van der Waals surface area contributed by atoms with Crippen molar-refractivity contribution in [1.82, 2.24) is 0 Å². The van der Waals surface area contributed by atoms with Crippen LogP contribution in [-0.4, -0.2) is 3.59 Å². The van der Waals surface area contributed by atoms with Crippen LogP contribution in [0.15, 0.2) is 5.34 Å². The first kappa shape index (κ1) is 11.2. The van der Waals surface area contributed by atoms with Gasteiger partial charge in [0, 0.05) is 0 Å². The molecule has 0 saturated carbocycles. The van der Waals surface area contributed by atoms with E-state index >= 15 is 0 Å². The van der Waals surface area contributed by atoms with Crippen molar-refractivity contribution in [1.29, 1.82) is 0 Å². The second-order valence-corrected chi connectivity index (χ2v) is 18.0. The molecule has 10 N–H and O–H groups in total. The van der Waals surface area contributed by atoms with Gasteiger partial charge in [0.05, 0.1) is 0 Å². The molecule has 78 valence electrons. The predicted octanol–water partition coefficient (Wildman–Crippen LogP) is -3.08. The Balaban J connectivity index is 5.78. The average Bonchev–Trinajstić information content (AvgIpc) is 1.58. The summed E-state index contributed by atoms with van der Waals surface area (Å²) >= 11 is -7.80. The zero-order valence-corrected chi connectivity index (χ0v) is 8.14. The first-order valence-corrected chi connectivity index (χ1v) is 10.9. The molecule has 0 heterocycles. The molecule has 0 aliphatic carbocycles. The van der Waals surface area contributed by atoms with Crippen molar-refractivity contribution < 1.29 is 20.7 Å². The summed E-state index contributed by atoms with van der Waals surface area (Å²) in [5, 5.41) is 11.9. The van der Waals surface area contributed by atoms with Gasteiger partial charge in [-0.1, -0.05) is 0 Å². The number of hydrogen-bond donors (Lipinski definition) is 5. The molecule has 0 saturated heterocycles. The summed E-state index contributed by atoms with van der Waals surface area (Å²) in [6.07, 6.45) is 0. The molecule has 0 spiro atoms. The summed E-state index contributed by atoms with van der Waals surface area (Å²) < 4.78 is 25.7. The average molecular weight is 364 g/mol. The van der Waals surface area contributed by atoms with Gasteiger partial charge in [-0.3, -0.25) is 0 Å². The van der Waals surface area contributed by atoms with E-state index in [2.05, 4.69) is 3.60 Å². The topological polar surface area (TPSA) is 212 Å².